The standard InChI is InChI=1S/C24H28FN5O2/c1-4-29-7-9-30(10-8-29)21-13-19-16(12-22(21)32-3)23(17(14-27-19)24(26)31)28-20-11-15(2)5-6-18(20)25/h5-6,11-14H,4,7-10H2,1-3H3,(H2,26,31)(H,27,28). The molecule has 0 saturated carbocycles. The highest BCUT2D eigenvalue weighted by Gasteiger charge is 2.22. The van der Waals surface area contributed by atoms with Crippen LogP contribution in [0.1, 0.15) is 22.8 Å². The number of ether oxygens (including phenoxy) is 1. The quantitative estimate of drug-likeness (QED) is 0.612. The van der Waals surface area contributed by atoms with Gasteiger partial charge in [-0.3, -0.25) is 9.78 Å². The lowest BCUT2D eigenvalue weighted by molar-refractivity contribution is 0.100. The molecule has 1 aliphatic heterocycles. The molecule has 2 aromatic carbocycles. The number of methoxy groups -OCH3 is 1. The number of likely N-dealkylation sites (N-methyl/N-ethyl adjacent to an activating group) is 1. The SMILES string of the molecule is CCN1CCN(c2cc3ncc(C(N)=O)c(Nc4cc(C)ccc4F)c3cc2OC)CC1. The number of piperazine rings is 1. The molecule has 0 atom stereocenters. The first-order valence-corrected chi connectivity index (χ1v) is 10.7. The second kappa shape index (κ2) is 9.00. The third-order valence-corrected chi connectivity index (χ3v) is 5.98. The fourth-order valence-corrected chi connectivity index (χ4v) is 4.11. The van der Waals surface area contributed by atoms with Crippen LogP contribution in [-0.2, 0) is 0 Å². The number of benzene rings is 2. The van der Waals surface area contributed by atoms with E-state index in [0.29, 0.717) is 22.3 Å². The molecule has 2 heterocycles. The minimum atomic E-state index is -0.645. The highest BCUT2D eigenvalue weighted by atomic mass is 19.1. The van der Waals surface area contributed by atoms with Crippen LogP contribution >= 0.6 is 0 Å². The number of rotatable bonds is 6. The van der Waals surface area contributed by atoms with E-state index in [1.165, 1.54) is 12.3 Å². The zero-order valence-corrected chi connectivity index (χ0v) is 18.6. The van der Waals surface area contributed by atoms with Gasteiger partial charge in [-0.05, 0) is 43.3 Å². The summed E-state index contributed by atoms with van der Waals surface area (Å²) in [5.74, 6) is -0.402. The smallest absolute Gasteiger partial charge is 0.252 e. The fraction of sp³-hybridized carbons (Fsp3) is 0.333. The Morgan fingerprint density at radius 2 is 1.97 bits per heavy atom. The monoisotopic (exact) mass is 437 g/mol. The molecule has 1 amide bonds. The third kappa shape index (κ3) is 4.18. The van der Waals surface area contributed by atoms with Gasteiger partial charge in [0.2, 0.25) is 0 Å². The number of carbonyl (C=O) groups excluding carboxylic acids is 1. The van der Waals surface area contributed by atoms with Crippen molar-refractivity contribution in [2.24, 2.45) is 5.73 Å². The van der Waals surface area contributed by atoms with E-state index in [1.807, 2.05) is 19.1 Å². The van der Waals surface area contributed by atoms with Crippen molar-refractivity contribution in [2.45, 2.75) is 13.8 Å². The van der Waals surface area contributed by atoms with E-state index in [-0.39, 0.29) is 11.3 Å². The number of aromatic nitrogens is 1. The van der Waals surface area contributed by atoms with Crippen LogP contribution in [0.15, 0.2) is 36.5 Å². The number of hydrogen-bond donors (Lipinski definition) is 2. The van der Waals surface area contributed by atoms with Crippen molar-refractivity contribution in [3.8, 4) is 5.75 Å². The van der Waals surface area contributed by atoms with E-state index in [4.69, 9.17) is 10.5 Å². The van der Waals surface area contributed by atoms with Crippen LogP contribution in [0.5, 0.6) is 5.75 Å². The summed E-state index contributed by atoms with van der Waals surface area (Å²) < 4.78 is 20.2. The molecule has 3 aromatic rings. The van der Waals surface area contributed by atoms with Crippen molar-refractivity contribution in [3.63, 3.8) is 0 Å². The van der Waals surface area contributed by atoms with Gasteiger partial charge in [0, 0.05) is 37.8 Å². The first-order chi connectivity index (χ1) is 15.4. The van der Waals surface area contributed by atoms with E-state index in [2.05, 4.69) is 27.0 Å². The molecule has 0 spiro atoms. The van der Waals surface area contributed by atoms with Gasteiger partial charge in [0.25, 0.3) is 5.91 Å². The van der Waals surface area contributed by atoms with Gasteiger partial charge < -0.3 is 25.6 Å². The number of fused-ring (bicyclic) bond motifs is 1. The first-order valence-electron chi connectivity index (χ1n) is 10.7. The number of nitrogens with zero attached hydrogens (tertiary/aromatic N) is 3. The van der Waals surface area contributed by atoms with Gasteiger partial charge in [-0.2, -0.15) is 0 Å². The number of nitrogens with two attached hydrogens (primary N) is 1. The summed E-state index contributed by atoms with van der Waals surface area (Å²) >= 11 is 0. The molecule has 0 aliphatic carbocycles. The zero-order chi connectivity index (χ0) is 22.8. The zero-order valence-electron chi connectivity index (χ0n) is 18.6. The molecule has 168 valence electrons. The van der Waals surface area contributed by atoms with Gasteiger partial charge >= 0.3 is 0 Å². The molecule has 1 saturated heterocycles. The molecule has 4 rings (SSSR count). The Morgan fingerprint density at radius 1 is 1.22 bits per heavy atom. The van der Waals surface area contributed by atoms with Crippen LogP contribution in [0, 0.1) is 12.7 Å². The number of aryl methyl sites for hydroxylation is 1. The van der Waals surface area contributed by atoms with Crippen LogP contribution in [0.25, 0.3) is 10.9 Å². The minimum Gasteiger partial charge on any atom is -0.495 e. The van der Waals surface area contributed by atoms with Crippen LogP contribution < -0.4 is 20.7 Å². The van der Waals surface area contributed by atoms with Crippen LogP contribution in [0.3, 0.4) is 0 Å². The average Bonchev–Trinajstić information content (AvgIpc) is 2.80. The van der Waals surface area contributed by atoms with E-state index >= 15 is 0 Å². The molecule has 1 aromatic heterocycles. The number of pyridine rings is 1. The number of halogens is 1. The normalized spacial score (nSPS) is 14.6. The van der Waals surface area contributed by atoms with Gasteiger partial charge in [0.1, 0.15) is 11.6 Å². The predicted octanol–water partition coefficient (Wildman–Crippen LogP) is 3.68. The highest BCUT2D eigenvalue weighted by molar-refractivity contribution is 6.08. The van der Waals surface area contributed by atoms with Crippen molar-refractivity contribution in [1.29, 1.82) is 0 Å². The lowest BCUT2D eigenvalue weighted by atomic mass is 10.1. The van der Waals surface area contributed by atoms with Crippen molar-refractivity contribution in [3.05, 3.63) is 53.5 Å². The van der Waals surface area contributed by atoms with Gasteiger partial charge in [-0.1, -0.05) is 13.0 Å². The van der Waals surface area contributed by atoms with Crippen LogP contribution in [-0.4, -0.2) is 55.6 Å². The second-order valence-corrected chi connectivity index (χ2v) is 7.98. The Bertz CT molecular complexity index is 1160. The van der Waals surface area contributed by atoms with E-state index in [1.54, 1.807) is 19.2 Å². The molecule has 8 heteroatoms. The van der Waals surface area contributed by atoms with Crippen molar-refractivity contribution < 1.29 is 13.9 Å². The Labute approximate surface area is 187 Å². The Balaban J connectivity index is 1.82. The maximum atomic E-state index is 14.5. The predicted molar refractivity (Wildman–Crippen MR) is 126 cm³/mol. The Kier molecular flexibility index (Phi) is 6.14. The Morgan fingerprint density at radius 3 is 2.62 bits per heavy atom. The summed E-state index contributed by atoms with van der Waals surface area (Å²) in [6, 6.07) is 8.56. The summed E-state index contributed by atoms with van der Waals surface area (Å²) in [4.78, 5) is 21.3. The molecule has 32 heavy (non-hydrogen) atoms. The molecule has 0 radical (unpaired) electrons. The molecular weight excluding hydrogens is 409 g/mol. The summed E-state index contributed by atoms with van der Waals surface area (Å²) in [6.45, 7) is 8.79. The first kappa shape index (κ1) is 21.8. The molecule has 0 unspecified atom stereocenters. The van der Waals surface area contributed by atoms with Crippen molar-refractivity contribution >= 4 is 33.9 Å². The summed E-state index contributed by atoms with van der Waals surface area (Å²) in [5, 5.41) is 3.71. The minimum absolute atomic E-state index is 0.185. The van der Waals surface area contributed by atoms with Gasteiger partial charge in [-0.15, -0.1) is 0 Å². The maximum Gasteiger partial charge on any atom is 0.252 e. The summed E-state index contributed by atoms with van der Waals surface area (Å²) in [6.07, 6.45) is 1.44. The second-order valence-electron chi connectivity index (χ2n) is 7.98. The van der Waals surface area contributed by atoms with Crippen LogP contribution in [0.2, 0.25) is 0 Å². The highest BCUT2D eigenvalue weighted by Crippen LogP contribution is 2.38. The number of primary amides is 1. The lowest BCUT2D eigenvalue weighted by Gasteiger charge is -2.36. The number of nitrogens with one attached hydrogen (secondary N) is 1. The van der Waals surface area contributed by atoms with Crippen molar-refractivity contribution in [2.75, 3.05) is 50.1 Å². The van der Waals surface area contributed by atoms with E-state index in [0.717, 1.165) is 44.0 Å². The van der Waals surface area contributed by atoms with Crippen LogP contribution in [0.4, 0.5) is 21.5 Å². The number of anilines is 3. The topological polar surface area (TPSA) is 83.7 Å². The summed E-state index contributed by atoms with van der Waals surface area (Å²) in [7, 11) is 1.62. The maximum absolute atomic E-state index is 14.5. The molecule has 1 aliphatic rings. The molecular formula is C24H28FN5O2. The fourth-order valence-electron chi connectivity index (χ4n) is 4.11. The molecule has 7 nitrogen and oxygen atoms in total. The van der Waals surface area contributed by atoms with Gasteiger partial charge in [0.05, 0.1) is 35.3 Å². The molecule has 1 fully saturated rings. The van der Waals surface area contributed by atoms with E-state index < -0.39 is 11.7 Å². The number of carbonyl (C=O) groups is 1. The third-order valence-electron chi connectivity index (χ3n) is 5.98. The lowest BCUT2D eigenvalue weighted by Crippen LogP contribution is -2.46. The largest absolute Gasteiger partial charge is 0.495 e. The Hall–Kier alpha value is -3.39. The molecule has 3 N–H and O–H groups in total. The summed E-state index contributed by atoms with van der Waals surface area (Å²) in [5.41, 5.74) is 8.97. The van der Waals surface area contributed by atoms with Crippen molar-refractivity contribution in [1.82, 2.24) is 9.88 Å². The number of hydrogen-bond acceptors (Lipinski definition) is 6. The van der Waals surface area contributed by atoms with Gasteiger partial charge in [0.15, 0.2) is 0 Å². The molecule has 0 bridgehead atoms. The van der Waals surface area contributed by atoms with Gasteiger partial charge in [-0.25, -0.2) is 4.39 Å². The van der Waals surface area contributed by atoms with E-state index in [9.17, 15) is 9.18 Å². The average molecular weight is 438 g/mol. The number of amides is 1.